The highest BCUT2D eigenvalue weighted by molar-refractivity contribution is 6.01. The summed E-state index contributed by atoms with van der Waals surface area (Å²) in [5.41, 5.74) is 4.03. The lowest BCUT2D eigenvalue weighted by molar-refractivity contribution is -0.147. The summed E-state index contributed by atoms with van der Waals surface area (Å²) in [6.07, 6.45) is 14.4. The number of ether oxygens (including phenoxy) is 2. The molecule has 2 aliphatic carbocycles. The molecule has 194 valence electrons. The van der Waals surface area contributed by atoms with Crippen molar-refractivity contribution in [3.63, 3.8) is 0 Å². The molecule has 1 heterocycles. The van der Waals surface area contributed by atoms with Gasteiger partial charge in [-0.3, -0.25) is 9.79 Å². The number of allylic oxidation sites excluding steroid dienone is 6. The highest BCUT2D eigenvalue weighted by atomic mass is 16.6. The number of amidine groups is 1. The van der Waals surface area contributed by atoms with Crippen molar-refractivity contribution >= 4 is 17.7 Å². The fourth-order valence-electron chi connectivity index (χ4n) is 4.54. The van der Waals surface area contributed by atoms with Crippen LogP contribution in [0.25, 0.3) is 0 Å². The van der Waals surface area contributed by atoms with Gasteiger partial charge in [-0.25, -0.2) is 4.79 Å². The van der Waals surface area contributed by atoms with Crippen molar-refractivity contribution in [2.24, 2.45) is 21.2 Å². The Morgan fingerprint density at radius 1 is 1.08 bits per heavy atom. The van der Waals surface area contributed by atoms with Crippen LogP contribution in [0.2, 0.25) is 0 Å². The highest BCUT2D eigenvalue weighted by Crippen LogP contribution is 2.34. The maximum Gasteiger partial charge on any atom is 0.344 e. The molecule has 1 amide bonds. The first-order valence-electron chi connectivity index (χ1n) is 12.8. The number of nitrogens with two attached hydrogens (primary N) is 1. The number of amides is 1. The molecule has 1 atom stereocenters. The molecular weight excluding hydrogens is 458 g/mol. The van der Waals surface area contributed by atoms with Crippen molar-refractivity contribution in [1.82, 2.24) is 4.90 Å². The minimum absolute atomic E-state index is 0.0189. The second-order valence-corrected chi connectivity index (χ2v) is 8.90. The summed E-state index contributed by atoms with van der Waals surface area (Å²) in [7, 11) is 0. The topological polar surface area (TPSA) is 119 Å². The highest BCUT2D eigenvalue weighted by Gasteiger charge is 2.27. The van der Waals surface area contributed by atoms with Gasteiger partial charge in [-0.1, -0.05) is 37.3 Å². The molecule has 3 aliphatic rings. The second-order valence-electron chi connectivity index (χ2n) is 8.90. The van der Waals surface area contributed by atoms with Crippen molar-refractivity contribution in [2.45, 2.75) is 65.3 Å². The van der Waals surface area contributed by atoms with E-state index in [1.807, 2.05) is 29.2 Å². The fourth-order valence-corrected chi connectivity index (χ4v) is 4.54. The molecule has 0 fully saturated rings. The van der Waals surface area contributed by atoms with Gasteiger partial charge in [-0.05, 0) is 61.5 Å². The third kappa shape index (κ3) is 7.26. The quantitative estimate of drug-likeness (QED) is 0.207. The fraction of sp³-hybridized carbons (Fsp3) is 0.519. The molecule has 36 heavy (non-hydrogen) atoms. The van der Waals surface area contributed by atoms with E-state index in [-0.39, 0.29) is 24.5 Å². The van der Waals surface area contributed by atoms with E-state index in [1.165, 1.54) is 11.1 Å². The van der Waals surface area contributed by atoms with E-state index >= 15 is 0 Å². The van der Waals surface area contributed by atoms with Crippen molar-refractivity contribution in [1.29, 1.82) is 0 Å². The minimum atomic E-state index is -0.365. The van der Waals surface area contributed by atoms with Gasteiger partial charge in [-0.15, -0.1) is 5.11 Å². The molecule has 0 radical (unpaired) electrons. The predicted octanol–water partition coefficient (Wildman–Crippen LogP) is 4.50. The van der Waals surface area contributed by atoms with E-state index in [2.05, 4.69) is 30.3 Å². The van der Waals surface area contributed by atoms with Crippen LogP contribution < -0.4 is 5.84 Å². The van der Waals surface area contributed by atoms with E-state index in [4.69, 9.17) is 20.3 Å². The largest absolute Gasteiger partial charge is 0.486 e. The number of esters is 1. The molecule has 2 N–H and O–H groups in total. The number of carbonyl (C=O) groups is 2. The molecule has 0 saturated heterocycles. The molecule has 9 nitrogen and oxygen atoms in total. The van der Waals surface area contributed by atoms with Crippen molar-refractivity contribution in [3.8, 4) is 0 Å². The normalized spacial score (nSPS) is 19.6. The van der Waals surface area contributed by atoms with Crippen LogP contribution in [-0.4, -0.2) is 55.0 Å². The van der Waals surface area contributed by atoms with Crippen LogP contribution in [0.15, 0.2) is 73.8 Å². The number of hydrogen-bond donors (Lipinski definition) is 1. The Hall–Kier alpha value is -3.49. The van der Waals surface area contributed by atoms with Crippen LogP contribution in [-0.2, 0) is 19.1 Å². The summed E-state index contributed by atoms with van der Waals surface area (Å²) in [6, 6.07) is -0.159. The summed E-state index contributed by atoms with van der Waals surface area (Å²) in [5.74, 6) is 6.24. The molecule has 0 bridgehead atoms. The lowest BCUT2D eigenvalue weighted by atomic mass is 9.86. The van der Waals surface area contributed by atoms with Crippen LogP contribution >= 0.6 is 0 Å². The molecule has 3 rings (SSSR count). The standard InChI is InChI=1S/C27H37N5O4/c1-4-13-32(14-5-2)27(34)22-15-21-8-7-20(16-24(21)29-25(17-22)30-31-28)19-9-11-23(12-10-19)36-18-26(33)35-6-3/h7-9,11,15,24H,4-6,10,12-14,16-18H2,1-3H3,(H2,28,29,30). The number of rotatable bonds is 10. The number of aliphatic imine (C=N–C) groups is 1. The van der Waals surface area contributed by atoms with Gasteiger partial charge in [-0.2, -0.15) is 0 Å². The third-order valence-electron chi connectivity index (χ3n) is 6.20. The summed E-state index contributed by atoms with van der Waals surface area (Å²) >= 11 is 0. The minimum Gasteiger partial charge on any atom is -0.486 e. The van der Waals surface area contributed by atoms with Crippen LogP contribution in [0.1, 0.15) is 59.3 Å². The van der Waals surface area contributed by atoms with Gasteiger partial charge in [0.25, 0.3) is 0 Å². The van der Waals surface area contributed by atoms with E-state index in [9.17, 15) is 9.59 Å². The molecule has 1 unspecified atom stereocenters. The van der Waals surface area contributed by atoms with E-state index in [0.717, 1.165) is 30.6 Å². The Bertz CT molecular complexity index is 1040. The first-order chi connectivity index (χ1) is 17.5. The monoisotopic (exact) mass is 495 g/mol. The van der Waals surface area contributed by atoms with Crippen LogP contribution in [0.3, 0.4) is 0 Å². The van der Waals surface area contributed by atoms with E-state index < -0.39 is 0 Å². The summed E-state index contributed by atoms with van der Waals surface area (Å²) in [6.45, 7) is 7.62. The molecule has 0 saturated carbocycles. The van der Waals surface area contributed by atoms with Crippen LogP contribution in [0.5, 0.6) is 0 Å². The lowest BCUT2D eigenvalue weighted by Crippen LogP contribution is -2.34. The molecule has 0 aromatic heterocycles. The Morgan fingerprint density at radius 3 is 2.47 bits per heavy atom. The molecule has 9 heteroatoms. The van der Waals surface area contributed by atoms with Gasteiger partial charge in [0.2, 0.25) is 5.91 Å². The smallest absolute Gasteiger partial charge is 0.344 e. The Kier molecular flexibility index (Phi) is 10.2. The first kappa shape index (κ1) is 27.1. The zero-order valence-corrected chi connectivity index (χ0v) is 21.5. The molecule has 0 aromatic carbocycles. The molecular formula is C27H37N5O4. The van der Waals surface area contributed by atoms with Gasteiger partial charge >= 0.3 is 5.97 Å². The van der Waals surface area contributed by atoms with Crippen molar-refractivity contribution in [2.75, 3.05) is 26.3 Å². The van der Waals surface area contributed by atoms with E-state index in [1.54, 1.807) is 6.92 Å². The average Bonchev–Trinajstić information content (AvgIpc) is 3.06. The molecule has 1 aliphatic heterocycles. The third-order valence-corrected chi connectivity index (χ3v) is 6.20. The summed E-state index contributed by atoms with van der Waals surface area (Å²) in [4.78, 5) is 31.6. The summed E-state index contributed by atoms with van der Waals surface area (Å²) in [5, 5.41) is 7.48. The summed E-state index contributed by atoms with van der Waals surface area (Å²) < 4.78 is 10.5. The predicted molar refractivity (Wildman–Crippen MR) is 139 cm³/mol. The first-order valence-corrected chi connectivity index (χ1v) is 12.8. The Morgan fingerprint density at radius 2 is 1.83 bits per heavy atom. The van der Waals surface area contributed by atoms with Gasteiger partial charge in [0.05, 0.1) is 18.4 Å². The number of hydrogen-bond acceptors (Lipinski definition) is 7. The second kappa shape index (κ2) is 13.6. The van der Waals surface area contributed by atoms with Crippen molar-refractivity contribution < 1.29 is 19.1 Å². The SMILES string of the molecule is CCCN(CCC)C(=O)C1=CC2=CC=C(C3=CC=C(OCC(=O)OCC)CC3)CC2N=C(N=NN)C1. The van der Waals surface area contributed by atoms with Gasteiger partial charge in [0.1, 0.15) is 0 Å². The van der Waals surface area contributed by atoms with Gasteiger partial charge in [0, 0.05) is 31.5 Å². The van der Waals surface area contributed by atoms with Gasteiger partial charge in [0.15, 0.2) is 12.4 Å². The Labute approximate surface area is 213 Å². The lowest BCUT2D eigenvalue weighted by Gasteiger charge is -2.24. The Balaban J connectivity index is 1.81. The molecule has 0 spiro atoms. The zero-order chi connectivity index (χ0) is 25.9. The zero-order valence-electron chi connectivity index (χ0n) is 21.5. The van der Waals surface area contributed by atoms with Gasteiger partial charge < -0.3 is 20.2 Å². The average molecular weight is 496 g/mol. The number of carbonyl (C=O) groups excluding carboxylic acids is 2. The maximum absolute atomic E-state index is 13.3. The van der Waals surface area contributed by atoms with E-state index in [0.29, 0.717) is 50.4 Å². The van der Waals surface area contributed by atoms with Crippen LogP contribution in [0.4, 0.5) is 0 Å². The molecule has 0 aromatic rings. The van der Waals surface area contributed by atoms with Crippen LogP contribution in [0, 0.1) is 0 Å². The van der Waals surface area contributed by atoms with Crippen molar-refractivity contribution in [3.05, 3.63) is 58.4 Å². The maximum atomic E-state index is 13.3. The number of nitrogens with zero attached hydrogens (tertiary/aromatic N) is 4. The number of fused-ring (bicyclic) bond motifs is 1.